The van der Waals surface area contributed by atoms with Gasteiger partial charge in [-0.05, 0) is 6.07 Å². The Morgan fingerprint density at radius 3 is 2.48 bits per heavy atom. The van der Waals surface area contributed by atoms with Crippen molar-refractivity contribution >= 4 is 28.4 Å². The van der Waals surface area contributed by atoms with Gasteiger partial charge in [0.15, 0.2) is 0 Å². The normalized spacial score (nSPS) is 14.8. The third kappa shape index (κ3) is 3.02. The van der Waals surface area contributed by atoms with Crippen LogP contribution >= 0.6 is 0 Å². The number of fused-ring (bicyclic) bond motifs is 1. The first-order valence-corrected chi connectivity index (χ1v) is 8.26. The molecule has 4 rings (SSSR count). The lowest BCUT2D eigenvalue weighted by Crippen LogP contribution is -2.47. The maximum absolute atomic E-state index is 4.50. The third-order valence-corrected chi connectivity index (χ3v) is 4.42. The number of hydrogen-bond acceptors (Lipinski definition) is 8. The zero-order valence-corrected chi connectivity index (χ0v) is 14.4. The summed E-state index contributed by atoms with van der Waals surface area (Å²) in [5, 5.41) is 1.04. The molecule has 8 heteroatoms. The molecule has 4 heterocycles. The maximum atomic E-state index is 4.50. The van der Waals surface area contributed by atoms with E-state index in [9.17, 15) is 0 Å². The molecule has 1 saturated heterocycles. The molecule has 1 aliphatic heterocycles. The lowest BCUT2D eigenvalue weighted by molar-refractivity contribution is 0.642. The van der Waals surface area contributed by atoms with E-state index < -0.39 is 0 Å². The average Bonchev–Trinajstić information content (AvgIpc) is 2.68. The quantitative estimate of drug-likeness (QED) is 0.706. The Kier molecular flexibility index (Phi) is 4.01. The Balaban J connectivity index is 1.52. The molecule has 128 valence electrons. The van der Waals surface area contributed by atoms with Gasteiger partial charge in [-0.25, -0.2) is 19.9 Å². The molecule has 0 saturated carbocycles. The van der Waals surface area contributed by atoms with Gasteiger partial charge < -0.3 is 14.7 Å². The molecule has 0 spiro atoms. The Bertz CT molecular complexity index is 868. The molecule has 1 fully saturated rings. The Morgan fingerprint density at radius 2 is 1.68 bits per heavy atom. The molecular weight excluding hydrogens is 316 g/mol. The fourth-order valence-corrected chi connectivity index (χ4v) is 3.05. The first-order chi connectivity index (χ1) is 12.2. The molecule has 0 aliphatic carbocycles. The number of rotatable bonds is 3. The topological polar surface area (TPSA) is 74.2 Å². The molecule has 0 amide bonds. The fourth-order valence-electron chi connectivity index (χ4n) is 3.05. The van der Waals surface area contributed by atoms with Crippen LogP contribution in [0.1, 0.15) is 0 Å². The zero-order chi connectivity index (χ0) is 17.2. The molecule has 0 unspecified atom stereocenters. The monoisotopic (exact) mass is 336 g/mol. The highest BCUT2D eigenvalue weighted by molar-refractivity contribution is 5.88. The molecule has 8 nitrogen and oxygen atoms in total. The van der Waals surface area contributed by atoms with Gasteiger partial charge in [0.1, 0.15) is 30.1 Å². The number of nitrogens with zero attached hydrogens (tertiary/aromatic N) is 8. The van der Waals surface area contributed by atoms with E-state index in [1.807, 2.05) is 31.1 Å². The molecule has 0 atom stereocenters. The van der Waals surface area contributed by atoms with E-state index in [-0.39, 0.29) is 0 Å². The highest BCUT2D eigenvalue weighted by Crippen LogP contribution is 2.24. The van der Waals surface area contributed by atoms with Crippen molar-refractivity contribution < 1.29 is 0 Å². The highest BCUT2D eigenvalue weighted by Gasteiger charge is 2.21. The molecule has 0 aromatic carbocycles. The van der Waals surface area contributed by atoms with E-state index in [0.29, 0.717) is 0 Å². The number of anilines is 3. The van der Waals surface area contributed by atoms with Crippen LogP contribution in [0, 0.1) is 0 Å². The van der Waals surface area contributed by atoms with Gasteiger partial charge in [0.25, 0.3) is 0 Å². The van der Waals surface area contributed by atoms with Crippen LogP contribution in [0.3, 0.4) is 0 Å². The summed E-state index contributed by atoms with van der Waals surface area (Å²) in [5.74, 6) is 2.86. The molecule has 25 heavy (non-hydrogen) atoms. The van der Waals surface area contributed by atoms with E-state index in [4.69, 9.17) is 0 Å². The SMILES string of the molecule is CN(C)c1cc(N2CCN(c3ncnc4cnccc34)CC2)ncn1. The predicted octanol–water partition coefficient (Wildman–Crippen LogP) is 1.21. The van der Waals surface area contributed by atoms with Crippen molar-refractivity contribution in [3.8, 4) is 0 Å². The molecule has 0 N–H and O–H groups in total. The van der Waals surface area contributed by atoms with Crippen LogP contribution in [-0.2, 0) is 0 Å². The van der Waals surface area contributed by atoms with E-state index in [2.05, 4.69) is 34.7 Å². The van der Waals surface area contributed by atoms with Gasteiger partial charge in [-0.2, -0.15) is 0 Å². The summed E-state index contributed by atoms with van der Waals surface area (Å²) < 4.78 is 0. The lowest BCUT2D eigenvalue weighted by atomic mass is 10.2. The van der Waals surface area contributed by atoms with Gasteiger partial charge >= 0.3 is 0 Å². The summed E-state index contributed by atoms with van der Waals surface area (Å²) in [4.78, 5) is 28.2. The van der Waals surface area contributed by atoms with E-state index >= 15 is 0 Å². The molecule has 1 aliphatic rings. The van der Waals surface area contributed by atoms with Crippen molar-refractivity contribution in [2.24, 2.45) is 0 Å². The number of hydrogen-bond donors (Lipinski definition) is 0. The second-order valence-electron chi connectivity index (χ2n) is 6.19. The predicted molar refractivity (Wildman–Crippen MR) is 98.1 cm³/mol. The van der Waals surface area contributed by atoms with E-state index in [0.717, 1.165) is 54.5 Å². The minimum absolute atomic E-state index is 0.876. The zero-order valence-electron chi connectivity index (χ0n) is 14.4. The molecule has 3 aromatic heterocycles. The Labute approximate surface area is 146 Å². The minimum Gasteiger partial charge on any atom is -0.363 e. The van der Waals surface area contributed by atoms with Crippen LogP contribution < -0.4 is 14.7 Å². The van der Waals surface area contributed by atoms with Crippen LogP contribution in [0.5, 0.6) is 0 Å². The van der Waals surface area contributed by atoms with Crippen LogP contribution in [0.2, 0.25) is 0 Å². The fraction of sp³-hybridized carbons (Fsp3) is 0.353. The number of aromatic nitrogens is 5. The lowest BCUT2D eigenvalue weighted by Gasteiger charge is -2.36. The summed E-state index contributed by atoms with van der Waals surface area (Å²) in [7, 11) is 3.97. The van der Waals surface area contributed by atoms with Crippen LogP contribution in [0.25, 0.3) is 10.9 Å². The van der Waals surface area contributed by atoms with Gasteiger partial charge in [0.05, 0.1) is 11.7 Å². The third-order valence-electron chi connectivity index (χ3n) is 4.42. The van der Waals surface area contributed by atoms with Crippen molar-refractivity contribution in [2.75, 3.05) is 55.0 Å². The summed E-state index contributed by atoms with van der Waals surface area (Å²) in [6, 6.07) is 4.01. The van der Waals surface area contributed by atoms with Gasteiger partial charge in [-0.15, -0.1) is 0 Å². The minimum atomic E-state index is 0.876. The van der Waals surface area contributed by atoms with Crippen molar-refractivity contribution in [1.29, 1.82) is 0 Å². The van der Waals surface area contributed by atoms with E-state index in [1.54, 1.807) is 25.0 Å². The van der Waals surface area contributed by atoms with Gasteiger partial charge in [0, 0.05) is 57.9 Å². The number of pyridine rings is 1. The molecule has 0 bridgehead atoms. The highest BCUT2D eigenvalue weighted by atomic mass is 15.3. The summed E-state index contributed by atoms with van der Waals surface area (Å²) in [5.41, 5.74) is 0.876. The van der Waals surface area contributed by atoms with E-state index in [1.165, 1.54) is 0 Å². The second-order valence-corrected chi connectivity index (χ2v) is 6.19. The van der Waals surface area contributed by atoms with Gasteiger partial charge in [-0.1, -0.05) is 0 Å². The molecule has 0 radical (unpaired) electrons. The Morgan fingerprint density at radius 1 is 0.920 bits per heavy atom. The largest absolute Gasteiger partial charge is 0.363 e. The van der Waals surface area contributed by atoms with Crippen LogP contribution in [0.15, 0.2) is 37.2 Å². The van der Waals surface area contributed by atoms with Gasteiger partial charge in [-0.3, -0.25) is 4.98 Å². The first-order valence-electron chi connectivity index (χ1n) is 8.26. The summed E-state index contributed by atoms with van der Waals surface area (Å²) in [6.07, 6.45) is 6.80. The van der Waals surface area contributed by atoms with Gasteiger partial charge in [0.2, 0.25) is 0 Å². The first kappa shape index (κ1) is 15.5. The van der Waals surface area contributed by atoms with Crippen molar-refractivity contribution in [3.05, 3.63) is 37.2 Å². The average molecular weight is 336 g/mol. The summed E-state index contributed by atoms with van der Waals surface area (Å²) in [6.45, 7) is 3.55. The molecule has 3 aromatic rings. The number of piperazine rings is 1. The Hall–Kier alpha value is -3.03. The van der Waals surface area contributed by atoms with Crippen LogP contribution in [-0.4, -0.2) is 65.2 Å². The maximum Gasteiger partial charge on any atom is 0.140 e. The smallest absolute Gasteiger partial charge is 0.140 e. The van der Waals surface area contributed by atoms with Crippen molar-refractivity contribution in [1.82, 2.24) is 24.9 Å². The van der Waals surface area contributed by atoms with Crippen molar-refractivity contribution in [3.63, 3.8) is 0 Å². The van der Waals surface area contributed by atoms with Crippen molar-refractivity contribution in [2.45, 2.75) is 0 Å². The standard InChI is InChI=1S/C17H20N8/c1-23(2)15-9-16(21-12-20-15)24-5-7-25(8-6-24)17-13-3-4-18-10-14(13)19-11-22-17/h3-4,9-12H,5-8H2,1-2H3. The summed E-state index contributed by atoms with van der Waals surface area (Å²) >= 11 is 0. The van der Waals surface area contributed by atoms with Crippen LogP contribution in [0.4, 0.5) is 17.5 Å². The second kappa shape index (κ2) is 6.46. The molecular formula is C17H20N8.